The average molecular weight is 384 g/mol. The number of aromatic nitrogens is 2. The van der Waals surface area contributed by atoms with E-state index in [0.29, 0.717) is 29.4 Å². The summed E-state index contributed by atoms with van der Waals surface area (Å²) in [5, 5.41) is 23.9. The van der Waals surface area contributed by atoms with Gasteiger partial charge in [0.15, 0.2) is 11.4 Å². The second-order valence-electron chi connectivity index (χ2n) is 7.71. The number of rotatable bonds is 5. The molecule has 0 saturated carbocycles. The van der Waals surface area contributed by atoms with Crippen molar-refractivity contribution < 1.29 is 15.0 Å². The van der Waals surface area contributed by atoms with Gasteiger partial charge in [-0.25, -0.2) is 9.97 Å². The number of aliphatic hydroxyl groups excluding tert-OH is 1. The third-order valence-corrected chi connectivity index (χ3v) is 5.23. The van der Waals surface area contributed by atoms with E-state index < -0.39 is 11.5 Å². The molecule has 7 heteroatoms. The van der Waals surface area contributed by atoms with Crippen LogP contribution in [-0.4, -0.2) is 38.7 Å². The van der Waals surface area contributed by atoms with Crippen molar-refractivity contribution in [2.75, 3.05) is 16.8 Å². The van der Waals surface area contributed by atoms with E-state index in [4.69, 9.17) is 0 Å². The van der Waals surface area contributed by atoms with Crippen LogP contribution in [0.15, 0.2) is 12.1 Å². The zero-order chi connectivity index (χ0) is 20.8. The molecule has 7 nitrogen and oxygen atoms in total. The first-order chi connectivity index (χ1) is 13.1. The van der Waals surface area contributed by atoms with Crippen molar-refractivity contribution in [1.82, 2.24) is 9.97 Å². The molecule has 0 fully saturated rings. The van der Waals surface area contributed by atoms with Crippen molar-refractivity contribution >= 4 is 23.2 Å². The molecule has 2 heterocycles. The summed E-state index contributed by atoms with van der Waals surface area (Å²) in [4.78, 5) is 23.7. The molecule has 0 bridgehead atoms. The minimum absolute atomic E-state index is 0.0791. The van der Waals surface area contributed by atoms with Crippen LogP contribution in [0.1, 0.15) is 48.3 Å². The third kappa shape index (κ3) is 3.14. The van der Waals surface area contributed by atoms with Crippen LogP contribution in [0, 0.1) is 27.7 Å². The van der Waals surface area contributed by atoms with Gasteiger partial charge in [0, 0.05) is 0 Å². The largest absolute Gasteiger partial charge is 0.394 e. The highest BCUT2D eigenvalue weighted by Crippen LogP contribution is 2.47. The summed E-state index contributed by atoms with van der Waals surface area (Å²) in [5.41, 5.74) is 2.27. The Morgan fingerprint density at radius 3 is 2.32 bits per heavy atom. The fourth-order valence-electron chi connectivity index (χ4n) is 3.90. The van der Waals surface area contributed by atoms with Gasteiger partial charge in [0.1, 0.15) is 11.6 Å². The third-order valence-electron chi connectivity index (χ3n) is 5.23. The molecular weight excluding hydrogens is 356 g/mol. The van der Waals surface area contributed by atoms with Gasteiger partial charge in [-0.1, -0.05) is 24.6 Å². The zero-order valence-corrected chi connectivity index (χ0v) is 17.3. The average Bonchev–Trinajstić information content (AvgIpc) is 2.79. The van der Waals surface area contributed by atoms with E-state index in [1.54, 1.807) is 6.92 Å². The lowest BCUT2D eigenvalue weighted by Crippen LogP contribution is -2.36. The Labute approximate surface area is 165 Å². The highest BCUT2D eigenvalue weighted by atomic mass is 16.3. The molecule has 3 rings (SSSR count). The van der Waals surface area contributed by atoms with Gasteiger partial charge in [-0.05, 0) is 52.2 Å². The molecule has 1 aliphatic heterocycles. The smallest absolute Gasteiger partial charge is 0.269 e. The van der Waals surface area contributed by atoms with Crippen LogP contribution in [0.25, 0.3) is 0 Å². The second-order valence-corrected chi connectivity index (χ2v) is 7.71. The summed E-state index contributed by atoms with van der Waals surface area (Å²) < 4.78 is 0. The second kappa shape index (κ2) is 7.14. The monoisotopic (exact) mass is 384 g/mol. The van der Waals surface area contributed by atoms with Crippen LogP contribution >= 0.6 is 0 Å². The molecule has 2 aromatic rings. The summed E-state index contributed by atoms with van der Waals surface area (Å²) in [6, 6.07) is 3.78. The fourth-order valence-corrected chi connectivity index (χ4v) is 3.90. The van der Waals surface area contributed by atoms with Crippen LogP contribution < -0.4 is 10.2 Å². The van der Waals surface area contributed by atoms with Crippen LogP contribution in [0.2, 0.25) is 0 Å². The van der Waals surface area contributed by atoms with E-state index in [1.807, 2.05) is 39.8 Å². The highest BCUT2D eigenvalue weighted by molar-refractivity contribution is 6.12. The highest BCUT2D eigenvalue weighted by Gasteiger charge is 2.51. The summed E-state index contributed by atoms with van der Waals surface area (Å²) in [6.07, 6.45) is 0.671. The van der Waals surface area contributed by atoms with Crippen molar-refractivity contribution in [1.29, 1.82) is 0 Å². The molecule has 1 aromatic carbocycles. The van der Waals surface area contributed by atoms with Crippen molar-refractivity contribution in [3.8, 4) is 0 Å². The van der Waals surface area contributed by atoms with E-state index in [0.717, 1.165) is 22.4 Å². The molecule has 0 spiro atoms. The van der Waals surface area contributed by atoms with Crippen molar-refractivity contribution in [3.63, 3.8) is 0 Å². The minimum Gasteiger partial charge on any atom is -0.394 e. The molecule has 3 N–H and O–H groups in total. The number of benzene rings is 1. The Balaban J connectivity index is 2.25. The van der Waals surface area contributed by atoms with E-state index >= 15 is 0 Å². The van der Waals surface area contributed by atoms with Gasteiger partial charge in [0.05, 0.1) is 23.9 Å². The lowest BCUT2D eigenvalue weighted by molar-refractivity contribution is -0.133. The fraction of sp³-hybridized carbons (Fsp3) is 0.476. The first-order valence-corrected chi connectivity index (χ1v) is 9.53. The van der Waals surface area contributed by atoms with E-state index in [-0.39, 0.29) is 12.6 Å². The molecule has 0 saturated heterocycles. The molecule has 2 atom stereocenters. The zero-order valence-electron chi connectivity index (χ0n) is 17.3. The molecule has 28 heavy (non-hydrogen) atoms. The number of carbonyl (C=O) groups is 1. The van der Waals surface area contributed by atoms with Crippen LogP contribution in [0.3, 0.4) is 0 Å². The quantitative estimate of drug-likeness (QED) is 0.733. The number of nitrogens with zero attached hydrogens (tertiary/aromatic N) is 3. The van der Waals surface area contributed by atoms with E-state index in [1.165, 1.54) is 11.8 Å². The van der Waals surface area contributed by atoms with E-state index in [9.17, 15) is 15.0 Å². The molecule has 150 valence electrons. The van der Waals surface area contributed by atoms with Crippen LogP contribution in [0.5, 0.6) is 0 Å². The van der Waals surface area contributed by atoms with Crippen molar-refractivity contribution in [3.05, 3.63) is 40.2 Å². The number of amides is 1. The molecule has 1 aliphatic rings. The lowest BCUT2D eigenvalue weighted by Gasteiger charge is -2.23. The molecule has 0 aliphatic carbocycles. The standard InChI is InChI=1S/C21H28N4O3/c1-7-15(10-26)24-18-16-19(23-14(5)22-18)25(20(27)21(16,6)28)17-12(3)8-11(2)9-13(17)4/h8-9,15,26,28H,7,10H2,1-6H3,(H,22,23,24). The number of aliphatic hydroxyl groups is 2. The topological polar surface area (TPSA) is 98.6 Å². The van der Waals surface area contributed by atoms with Crippen LogP contribution in [-0.2, 0) is 10.4 Å². The molecular formula is C21H28N4O3. The first-order valence-electron chi connectivity index (χ1n) is 9.53. The predicted molar refractivity (Wildman–Crippen MR) is 109 cm³/mol. The summed E-state index contributed by atoms with van der Waals surface area (Å²) in [7, 11) is 0. The minimum atomic E-state index is -1.77. The molecule has 1 amide bonds. The van der Waals surface area contributed by atoms with Gasteiger partial charge < -0.3 is 15.5 Å². The number of carbonyl (C=O) groups excluding carboxylic acids is 1. The molecule has 0 radical (unpaired) electrons. The summed E-state index contributed by atoms with van der Waals surface area (Å²) in [6.45, 7) is 11.0. The number of nitrogens with one attached hydrogen (secondary N) is 1. The summed E-state index contributed by atoms with van der Waals surface area (Å²) in [5.74, 6) is 0.782. The molecule has 2 unspecified atom stereocenters. The Morgan fingerprint density at radius 1 is 1.18 bits per heavy atom. The van der Waals surface area contributed by atoms with Gasteiger partial charge in [-0.15, -0.1) is 0 Å². The number of fused-ring (bicyclic) bond motifs is 1. The number of aryl methyl sites for hydroxylation is 4. The normalized spacial score (nSPS) is 19.7. The Hall–Kier alpha value is -2.51. The number of anilines is 3. The molecule has 1 aromatic heterocycles. The van der Waals surface area contributed by atoms with Crippen LogP contribution in [0.4, 0.5) is 17.3 Å². The Morgan fingerprint density at radius 2 is 1.79 bits per heavy atom. The summed E-state index contributed by atoms with van der Waals surface area (Å²) >= 11 is 0. The van der Waals surface area contributed by atoms with Gasteiger partial charge >= 0.3 is 0 Å². The Kier molecular flexibility index (Phi) is 5.16. The van der Waals surface area contributed by atoms with E-state index in [2.05, 4.69) is 15.3 Å². The van der Waals surface area contributed by atoms with Crippen molar-refractivity contribution in [2.45, 2.75) is 59.6 Å². The van der Waals surface area contributed by atoms with Gasteiger partial charge in [-0.3, -0.25) is 9.69 Å². The first kappa shape index (κ1) is 20.2. The maximum absolute atomic E-state index is 13.3. The maximum atomic E-state index is 13.3. The Bertz CT molecular complexity index is 912. The number of hydrogen-bond donors (Lipinski definition) is 3. The van der Waals surface area contributed by atoms with Gasteiger partial charge in [0.25, 0.3) is 5.91 Å². The lowest BCUT2D eigenvalue weighted by atomic mass is 9.99. The number of hydrogen-bond acceptors (Lipinski definition) is 6. The maximum Gasteiger partial charge on any atom is 0.269 e. The van der Waals surface area contributed by atoms with Gasteiger partial charge in [-0.2, -0.15) is 0 Å². The predicted octanol–water partition coefficient (Wildman–Crippen LogP) is 2.78. The SMILES string of the molecule is CCC(CO)Nc1nc(C)nc2c1C(C)(O)C(=O)N2c1c(C)cc(C)cc1C. The van der Waals surface area contributed by atoms with Gasteiger partial charge in [0.2, 0.25) is 0 Å². The van der Waals surface area contributed by atoms with Crippen molar-refractivity contribution in [2.24, 2.45) is 0 Å².